The van der Waals surface area contributed by atoms with Gasteiger partial charge < -0.3 is 4.90 Å². The maximum Gasteiger partial charge on any atom is 0.230 e. The third-order valence-corrected chi connectivity index (χ3v) is 5.35. The van der Waals surface area contributed by atoms with Gasteiger partial charge in [-0.1, -0.05) is 65.0 Å². The van der Waals surface area contributed by atoms with E-state index < -0.39 is 0 Å². The van der Waals surface area contributed by atoms with Crippen LogP contribution in [-0.4, -0.2) is 22.9 Å². The monoisotopic (exact) mass is 301 g/mol. The second kappa shape index (κ2) is 6.85. The van der Waals surface area contributed by atoms with Crippen molar-refractivity contribution in [2.24, 2.45) is 17.8 Å². The van der Waals surface area contributed by atoms with Gasteiger partial charge in [-0.05, 0) is 36.7 Å². The van der Waals surface area contributed by atoms with E-state index in [9.17, 15) is 4.79 Å². The van der Waals surface area contributed by atoms with Crippen LogP contribution in [0.4, 0.5) is 0 Å². The number of carbonyl (C=O) groups excluding carboxylic acids is 1. The lowest BCUT2D eigenvalue weighted by Gasteiger charge is -2.36. The summed E-state index contributed by atoms with van der Waals surface area (Å²) >= 11 is 0. The standard InChI is InChI=1S/C20H31NO/c1-13(2)18-12-15(5)16(6)21(18)20(22)19(14(3)4)17-10-8-7-9-11-17/h7-11,13-16,18-19H,12H2,1-6H3/t15?,16?,18-,19?/m0/s1. The number of nitrogens with zero attached hydrogens (tertiary/aromatic N) is 1. The molecule has 1 aliphatic heterocycles. The van der Waals surface area contributed by atoms with E-state index in [1.54, 1.807) is 0 Å². The molecule has 2 nitrogen and oxygen atoms in total. The Morgan fingerprint density at radius 3 is 2.18 bits per heavy atom. The maximum absolute atomic E-state index is 13.4. The van der Waals surface area contributed by atoms with E-state index in [4.69, 9.17) is 0 Å². The Balaban J connectivity index is 2.34. The van der Waals surface area contributed by atoms with Crippen LogP contribution in [0.25, 0.3) is 0 Å². The molecular weight excluding hydrogens is 270 g/mol. The molecule has 0 saturated carbocycles. The third-order valence-electron chi connectivity index (χ3n) is 5.35. The molecule has 1 amide bonds. The van der Waals surface area contributed by atoms with E-state index >= 15 is 0 Å². The lowest BCUT2D eigenvalue weighted by molar-refractivity contribution is -0.137. The molecule has 22 heavy (non-hydrogen) atoms. The van der Waals surface area contributed by atoms with Crippen molar-refractivity contribution in [1.29, 1.82) is 0 Å². The summed E-state index contributed by atoms with van der Waals surface area (Å²) in [7, 11) is 0. The number of hydrogen-bond donors (Lipinski definition) is 0. The SMILES string of the molecule is CC(C)C(C(=O)N1C(C)C(C)C[C@H]1C(C)C)c1ccccc1. The molecule has 1 aromatic carbocycles. The first-order valence-electron chi connectivity index (χ1n) is 8.71. The van der Waals surface area contributed by atoms with Gasteiger partial charge in [0.2, 0.25) is 5.91 Å². The predicted molar refractivity (Wildman–Crippen MR) is 92.7 cm³/mol. The van der Waals surface area contributed by atoms with Crippen molar-refractivity contribution in [2.45, 2.75) is 66.0 Å². The van der Waals surface area contributed by atoms with Crippen molar-refractivity contribution in [2.75, 3.05) is 0 Å². The smallest absolute Gasteiger partial charge is 0.230 e. The van der Waals surface area contributed by atoms with Crippen molar-refractivity contribution in [1.82, 2.24) is 4.90 Å². The Hall–Kier alpha value is -1.31. The molecule has 1 aliphatic rings. The molecule has 4 atom stereocenters. The molecule has 0 aromatic heterocycles. The first kappa shape index (κ1) is 17.1. The molecule has 122 valence electrons. The van der Waals surface area contributed by atoms with Gasteiger partial charge in [0.15, 0.2) is 0 Å². The minimum atomic E-state index is -0.0322. The van der Waals surface area contributed by atoms with Crippen LogP contribution in [0.5, 0.6) is 0 Å². The van der Waals surface area contributed by atoms with E-state index in [2.05, 4.69) is 58.6 Å². The van der Waals surface area contributed by atoms with Crippen molar-refractivity contribution >= 4 is 5.91 Å². The number of amides is 1. The molecule has 1 heterocycles. The van der Waals surface area contributed by atoms with E-state index in [1.165, 1.54) is 0 Å². The summed E-state index contributed by atoms with van der Waals surface area (Å²) < 4.78 is 0. The van der Waals surface area contributed by atoms with Gasteiger partial charge in [0.05, 0.1) is 5.92 Å². The van der Waals surface area contributed by atoms with Gasteiger partial charge in [-0.25, -0.2) is 0 Å². The van der Waals surface area contributed by atoms with Crippen LogP contribution < -0.4 is 0 Å². The van der Waals surface area contributed by atoms with Crippen LogP contribution in [-0.2, 0) is 4.79 Å². The molecule has 0 N–H and O–H groups in total. The highest BCUT2D eigenvalue weighted by molar-refractivity contribution is 5.85. The van der Waals surface area contributed by atoms with Crippen LogP contribution in [0.3, 0.4) is 0 Å². The summed E-state index contributed by atoms with van der Waals surface area (Å²) in [6.07, 6.45) is 1.13. The second-order valence-electron chi connectivity index (χ2n) is 7.64. The number of carbonyl (C=O) groups is 1. The minimum Gasteiger partial charge on any atom is -0.336 e. The van der Waals surface area contributed by atoms with Crippen LogP contribution >= 0.6 is 0 Å². The zero-order valence-electron chi connectivity index (χ0n) is 14.9. The Bertz CT molecular complexity index is 494. The topological polar surface area (TPSA) is 20.3 Å². The Morgan fingerprint density at radius 1 is 1.09 bits per heavy atom. The molecule has 1 saturated heterocycles. The van der Waals surface area contributed by atoms with Crippen LogP contribution in [0, 0.1) is 17.8 Å². The number of hydrogen-bond acceptors (Lipinski definition) is 1. The molecule has 2 heteroatoms. The minimum absolute atomic E-state index is 0.0322. The highest BCUT2D eigenvalue weighted by Crippen LogP contribution is 2.37. The van der Waals surface area contributed by atoms with Gasteiger partial charge in [-0.3, -0.25) is 4.79 Å². The van der Waals surface area contributed by atoms with E-state index in [0.717, 1.165) is 12.0 Å². The van der Waals surface area contributed by atoms with Gasteiger partial charge in [0.1, 0.15) is 0 Å². The lowest BCUT2D eigenvalue weighted by Crippen LogP contribution is -2.46. The van der Waals surface area contributed by atoms with E-state index in [-0.39, 0.29) is 5.92 Å². The highest BCUT2D eigenvalue weighted by Gasteiger charge is 2.43. The predicted octanol–water partition coefficient (Wildman–Crippen LogP) is 4.71. The van der Waals surface area contributed by atoms with Gasteiger partial charge in [0.25, 0.3) is 0 Å². The molecule has 0 radical (unpaired) electrons. The van der Waals surface area contributed by atoms with Crippen LogP contribution in [0.1, 0.15) is 59.4 Å². The van der Waals surface area contributed by atoms with Crippen LogP contribution in [0.15, 0.2) is 30.3 Å². The van der Waals surface area contributed by atoms with E-state index in [0.29, 0.717) is 35.7 Å². The fraction of sp³-hybridized carbons (Fsp3) is 0.650. The molecule has 2 rings (SSSR count). The summed E-state index contributed by atoms with van der Waals surface area (Å²) in [5.41, 5.74) is 1.15. The Kier molecular flexibility index (Phi) is 5.31. The zero-order chi connectivity index (χ0) is 16.4. The summed E-state index contributed by atoms with van der Waals surface area (Å²) in [5, 5.41) is 0. The fourth-order valence-corrected chi connectivity index (χ4v) is 3.86. The van der Waals surface area contributed by atoms with Crippen molar-refractivity contribution in [3.63, 3.8) is 0 Å². The summed E-state index contributed by atoms with van der Waals surface area (Å²) in [6.45, 7) is 13.3. The largest absolute Gasteiger partial charge is 0.336 e. The molecule has 0 spiro atoms. The number of rotatable bonds is 4. The van der Waals surface area contributed by atoms with Crippen molar-refractivity contribution < 1.29 is 4.79 Å². The summed E-state index contributed by atoms with van der Waals surface area (Å²) in [6, 6.07) is 11.0. The molecule has 1 aromatic rings. The highest BCUT2D eigenvalue weighted by atomic mass is 16.2. The van der Waals surface area contributed by atoms with Gasteiger partial charge in [-0.2, -0.15) is 0 Å². The third kappa shape index (κ3) is 3.21. The van der Waals surface area contributed by atoms with Gasteiger partial charge >= 0.3 is 0 Å². The molecule has 0 bridgehead atoms. The summed E-state index contributed by atoms with van der Waals surface area (Å²) in [5.74, 6) is 1.69. The van der Waals surface area contributed by atoms with Gasteiger partial charge in [-0.15, -0.1) is 0 Å². The summed E-state index contributed by atoms with van der Waals surface area (Å²) in [4.78, 5) is 15.6. The number of benzene rings is 1. The quantitative estimate of drug-likeness (QED) is 0.789. The number of likely N-dealkylation sites (tertiary alicyclic amines) is 1. The first-order chi connectivity index (χ1) is 10.3. The van der Waals surface area contributed by atoms with Crippen molar-refractivity contribution in [3.05, 3.63) is 35.9 Å². The Labute approximate surface area is 135 Å². The Morgan fingerprint density at radius 2 is 1.68 bits per heavy atom. The van der Waals surface area contributed by atoms with Crippen LogP contribution in [0.2, 0.25) is 0 Å². The zero-order valence-corrected chi connectivity index (χ0v) is 14.9. The first-order valence-corrected chi connectivity index (χ1v) is 8.71. The fourth-order valence-electron chi connectivity index (χ4n) is 3.86. The maximum atomic E-state index is 13.4. The molecule has 3 unspecified atom stereocenters. The molecule has 1 fully saturated rings. The average molecular weight is 301 g/mol. The second-order valence-corrected chi connectivity index (χ2v) is 7.64. The van der Waals surface area contributed by atoms with E-state index in [1.807, 2.05) is 18.2 Å². The lowest BCUT2D eigenvalue weighted by atomic mass is 9.86. The molecule has 0 aliphatic carbocycles. The molecular formula is C20H31NO. The van der Waals surface area contributed by atoms with Crippen molar-refractivity contribution in [3.8, 4) is 0 Å². The normalized spacial score (nSPS) is 26.7. The average Bonchev–Trinajstić information content (AvgIpc) is 2.76. The van der Waals surface area contributed by atoms with Gasteiger partial charge in [0, 0.05) is 12.1 Å².